The Morgan fingerprint density at radius 2 is 1.57 bits per heavy atom. The van der Waals surface area contributed by atoms with Gasteiger partial charge in [0.05, 0.1) is 0 Å². The molecule has 0 aromatic heterocycles. The normalized spacial score (nSPS) is 11.4. The van der Waals surface area contributed by atoms with Crippen LogP contribution in [-0.2, 0) is 4.79 Å². The number of carbonyl (C=O) groups is 1. The Bertz CT molecular complexity index is 85.4. The summed E-state index contributed by atoms with van der Waals surface area (Å²) in [5.74, 6) is 0. The largest absolute Gasteiger partial charge is 0.278 e. The number of hydrogen-bond acceptors (Lipinski definition) is 1. The van der Waals surface area contributed by atoms with Gasteiger partial charge in [0.1, 0.15) is 0 Å². The monoisotopic (exact) mass is 312 g/mol. The third-order valence-corrected chi connectivity index (χ3v) is 2.27. The molecule has 7 heavy (non-hydrogen) atoms. The first-order valence-electron chi connectivity index (χ1n) is 1.21. The van der Waals surface area contributed by atoms with E-state index in [0.29, 0.717) is 0 Å². The molecule has 0 amide bonds. The van der Waals surface area contributed by atoms with Crippen LogP contribution in [-0.4, -0.2) is 7.39 Å². The van der Waals surface area contributed by atoms with Crippen LogP contribution in [0.3, 0.4) is 0 Å². The lowest BCUT2D eigenvalue weighted by atomic mass is 10.9. The van der Waals surface area contributed by atoms with E-state index in [0.717, 1.165) is 0 Å². The zero-order chi connectivity index (χ0) is 6.08. The number of rotatable bonds is 0. The highest BCUT2D eigenvalue weighted by atomic mass is 80.0. The second kappa shape index (κ2) is 2.80. The molecule has 0 saturated carbocycles. The first-order valence-corrected chi connectivity index (χ1v) is 3.97. The quantitative estimate of drug-likeness (QED) is 0.496. The van der Waals surface area contributed by atoms with Gasteiger partial charge in [0.15, 0.2) is 0 Å². The van der Waals surface area contributed by atoms with Crippen molar-refractivity contribution in [2.45, 2.75) is 2.14 Å². The summed E-state index contributed by atoms with van der Waals surface area (Å²) in [5, 5.41) is -0.535. The third-order valence-electron chi connectivity index (χ3n) is 0.223. The lowest BCUT2D eigenvalue weighted by Gasteiger charge is -2.01. The second-order valence-electron chi connectivity index (χ2n) is 0.771. The third kappa shape index (κ3) is 3.94. The minimum absolute atomic E-state index is 0.535. The van der Waals surface area contributed by atoms with E-state index in [1.165, 1.54) is 0 Å². The van der Waals surface area contributed by atoms with Gasteiger partial charge in [0, 0.05) is 0 Å². The lowest BCUT2D eigenvalue weighted by molar-refractivity contribution is -0.110. The van der Waals surface area contributed by atoms with Crippen LogP contribution < -0.4 is 0 Å². The maximum Gasteiger partial charge on any atom is 0.260 e. The molecule has 5 heteroatoms. The summed E-state index contributed by atoms with van der Waals surface area (Å²) in [5.41, 5.74) is 0. The predicted octanol–water partition coefficient (Wildman–Crippen LogP) is 2.59. The summed E-state index contributed by atoms with van der Waals surface area (Å²) < 4.78 is -0.936. The van der Waals surface area contributed by atoms with E-state index >= 15 is 0 Å². The van der Waals surface area contributed by atoms with Crippen molar-refractivity contribution in [3.63, 3.8) is 0 Å². The Morgan fingerprint density at radius 3 is 1.57 bits per heavy atom. The van der Waals surface area contributed by atoms with Gasteiger partial charge < -0.3 is 0 Å². The molecule has 0 rings (SSSR count). The van der Waals surface area contributed by atoms with Crippen LogP contribution >= 0.6 is 59.4 Å². The first-order chi connectivity index (χ1) is 2.94. The van der Waals surface area contributed by atoms with E-state index in [2.05, 4.69) is 47.8 Å². The van der Waals surface area contributed by atoms with E-state index in [9.17, 15) is 4.79 Å². The van der Waals surface area contributed by atoms with E-state index in [1.54, 1.807) is 0 Å². The van der Waals surface area contributed by atoms with Crippen molar-refractivity contribution in [2.24, 2.45) is 0 Å². The van der Waals surface area contributed by atoms with Crippen LogP contribution in [0, 0.1) is 0 Å². The smallest absolute Gasteiger partial charge is 0.260 e. The summed E-state index contributed by atoms with van der Waals surface area (Å²) >= 11 is 13.7. The maximum absolute atomic E-state index is 10.1. The highest BCUT2D eigenvalue weighted by Crippen LogP contribution is 2.35. The average Bonchev–Trinajstić information content (AvgIpc) is 1.31. The van der Waals surface area contributed by atoms with Crippen molar-refractivity contribution >= 4 is 64.6 Å². The van der Waals surface area contributed by atoms with Crippen LogP contribution in [0.4, 0.5) is 0 Å². The molecule has 0 spiro atoms. The van der Waals surface area contributed by atoms with Gasteiger partial charge in [0.2, 0.25) is 2.14 Å². The fourth-order valence-electron chi connectivity index (χ4n) is 0. The molecule has 0 aliphatic carbocycles. The molecule has 0 radical (unpaired) electrons. The van der Waals surface area contributed by atoms with Gasteiger partial charge in [-0.1, -0.05) is 0 Å². The summed E-state index contributed by atoms with van der Waals surface area (Å²) in [4.78, 5) is 10.1. The van der Waals surface area contributed by atoms with Gasteiger partial charge in [0.25, 0.3) is 5.24 Å². The standard InChI is InChI=1S/C2Br3ClO/c3-2(4,5)1(6)7. The number of halogens is 4. The molecule has 0 atom stereocenters. The molecular formula is C2Br3ClO. The molecule has 0 fully saturated rings. The van der Waals surface area contributed by atoms with Crippen molar-refractivity contribution in [3.05, 3.63) is 0 Å². The molecule has 0 N–H and O–H groups in total. The predicted molar refractivity (Wildman–Crippen MR) is 40.4 cm³/mol. The van der Waals surface area contributed by atoms with Crippen molar-refractivity contribution in [1.82, 2.24) is 0 Å². The van der Waals surface area contributed by atoms with Gasteiger partial charge in [-0.3, -0.25) is 4.79 Å². The first kappa shape index (κ1) is 8.40. The molecular weight excluding hydrogens is 315 g/mol. The Kier molecular flexibility index (Phi) is 3.36. The summed E-state index contributed by atoms with van der Waals surface area (Å²) in [6.45, 7) is 0. The van der Waals surface area contributed by atoms with E-state index in [1.807, 2.05) is 0 Å². The molecule has 0 unspecified atom stereocenters. The van der Waals surface area contributed by atoms with Crippen molar-refractivity contribution < 1.29 is 4.79 Å². The number of alkyl halides is 3. The lowest BCUT2D eigenvalue weighted by Crippen LogP contribution is -2.08. The molecule has 0 aliphatic heterocycles. The number of carbonyl (C=O) groups excluding carboxylic acids is 1. The van der Waals surface area contributed by atoms with Crippen molar-refractivity contribution in [1.29, 1.82) is 0 Å². The van der Waals surface area contributed by atoms with Gasteiger partial charge in [-0.15, -0.1) is 0 Å². The summed E-state index contributed by atoms with van der Waals surface area (Å²) in [6.07, 6.45) is 0. The maximum atomic E-state index is 10.1. The van der Waals surface area contributed by atoms with Crippen LogP contribution in [0.1, 0.15) is 0 Å². The molecule has 0 heterocycles. The molecule has 0 aromatic rings. The zero-order valence-corrected chi connectivity index (χ0v) is 8.43. The van der Waals surface area contributed by atoms with Crippen molar-refractivity contribution in [2.75, 3.05) is 0 Å². The Hall–Kier alpha value is 1.40. The summed E-state index contributed by atoms with van der Waals surface area (Å²) in [6, 6.07) is 0. The Labute approximate surface area is 71.2 Å². The van der Waals surface area contributed by atoms with Crippen LogP contribution in [0.15, 0.2) is 0 Å². The highest BCUT2D eigenvalue weighted by molar-refractivity contribution is 9.40. The van der Waals surface area contributed by atoms with E-state index in [-0.39, 0.29) is 0 Å². The van der Waals surface area contributed by atoms with Crippen LogP contribution in [0.5, 0.6) is 0 Å². The molecule has 0 aromatic carbocycles. The summed E-state index contributed by atoms with van der Waals surface area (Å²) in [7, 11) is 0. The molecule has 0 aliphatic rings. The fraction of sp³-hybridized carbons (Fsp3) is 0.500. The minimum Gasteiger partial charge on any atom is -0.278 e. The van der Waals surface area contributed by atoms with Gasteiger partial charge >= 0.3 is 0 Å². The fourth-order valence-corrected chi connectivity index (χ4v) is 0. The zero-order valence-electron chi connectivity index (χ0n) is 2.92. The Morgan fingerprint density at radius 1 is 1.43 bits per heavy atom. The molecule has 42 valence electrons. The second-order valence-corrected chi connectivity index (χ2v) is 7.88. The van der Waals surface area contributed by atoms with Crippen molar-refractivity contribution in [3.8, 4) is 0 Å². The topological polar surface area (TPSA) is 17.1 Å². The molecule has 1 nitrogen and oxygen atoms in total. The van der Waals surface area contributed by atoms with Gasteiger partial charge in [-0.25, -0.2) is 0 Å². The molecule has 0 saturated heterocycles. The van der Waals surface area contributed by atoms with Gasteiger partial charge in [-0.2, -0.15) is 0 Å². The minimum atomic E-state index is -0.936. The highest BCUT2D eigenvalue weighted by Gasteiger charge is 2.25. The SMILES string of the molecule is O=C(Cl)C(Br)(Br)Br. The average molecular weight is 315 g/mol. The Balaban J connectivity index is 3.79. The van der Waals surface area contributed by atoms with E-state index < -0.39 is 7.39 Å². The van der Waals surface area contributed by atoms with Gasteiger partial charge in [-0.05, 0) is 59.4 Å². The van der Waals surface area contributed by atoms with Crippen LogP contribution in [0.2, 0.25) is 0 Å². The molecule has 0 bridgehead atoms. The van der Waals surface area contributed by atoms with E-state index in [4.69, 9.17) is 11.6 Å². The number of hydrogen-bond donors (Lipinski definition) is 0. The van der Waals surface area contributed by atoms with Crippen LogP contribution in [0.25, 0.3) is 0 Å².